The topological polar surface area (TPSA) is 45.2 Å². The molecule has 3 aliphatic rings. The summed E-state index contributed by atoms with van der Waals surface area (Å²) in [4.78, 5) is 20.4. The Hall–Kier alpha value is -1.72. The second-order valence-corrected chi connectivity index (χ2v) is 7.59. The summed E-state index contributed by atoms with van der Waals surface area (Å²) in [5.74, 6) is 0.619. The van der Waals surface area contributed by atoms with Gasteiger partial charge in [0.15, 0.2) is 5.01 Å². The SMILES string of the molecule is Cc1ccccc1-c1cnc(C(=O)NC2CN3CCC2CC3)s1. The van der Waals surface area contributed by atoms with Crippen LogP contribution in [0.5, 0.6) is 0 Å². The first-order chi connectivity index (χ1) is 11.2. The molecule has 0 aliphatic carbocycles. The molecule has 0 spiro atoms. The normalized spacial score (nSPS) is 26.2. The lowest BCUT2D eigenvalue weighted by Gasteiger charge is -2.44. The van der Waals surface area contributed by atoms with E-state index in [9.17, 15) is 4.79 Å². The van der Waals surface area contributed by atoms with Crippen molar-refractivity contribution >= 4 is 17.2 Å². The van der Waals surface area contributed by atoms with Gasteiger partial charge in [-0.05, 0) is 49.9 Å². The lowest BCUT2D eigenvalue weighted by Crippen LogP contribution is -2.57. The monoisotopic (exact) mass is 327 g/mol. The molecule has 0 saturated carbocycles. The molecule has 5 rings (SSSR count). The number of benzene rings is 1. The molecule has 1 N–H and O–H groups in total. The number of carbonyl (C=O) groups excluding carboxylic acids is 1. The van der Waals surface area contributed by atoms with Gasteiger partial charge < -0.3 is 10.2 Å². The third-order valence-corrected chi connectivity index (χ3v) is 6.11. The van der Waals surface area contributed by atoms with Gasteiger partial charge in [0.2, 0.25) is 0 Å². The van der Waals surface area contributed by atoms with Crippen LogP contribution in [0.4, 0.5) is 0 Å². The number of amides is 1. The summed E-state index contributed by atoms with van der Waals surface area (Å²) in [7, 11) is 0. The minimum absolute atomic E-state index is 0.0198. The summed E-state index contributed by atoms with van der Waals surface area (Å²) in [5, 5.41) is 3.78. The molecule has 2 bridgehead atoms. The van der Waals surface area contributed by atoms with Crippen LogP contribution in [0.25, 0.3) is 10.4 Å². The van der Waals surface area contributed by atoms with E-state index in [0.29, 0.717) is 10.9 Å². The Labute approximate surface area is 140 Å². The van der Waals surface area contributed by atoms with Crippen molar-refractivity contribution in [2.45, 2.75) is 25.8 Å². The second-order valence-electron chi connectivity index (χ2n) is 6.56. The van der Waals surface area contributed by atoms with Crippen molar-refractivity contribution in [1.29, 1.82) is 0 Å². The minimum atomic E-state index is -0.0198. The number of thiazole rings is 1. The number of piperidine rings is 3. The summed E-state index contributed by atoms with van der Waals surface area (Å²) in [6, 6.07) is 8.51. The molecule has 0 radical (unpaired) electrons. The minimum Gasteiger partial charge on any atom is -0.346 e. The Kier molecular flexibility index (Phi) is 3.91. The third-order valence-electron chi connectivity index (χ3n) is 5.08. The van der Waals surface area contributed by atoms with E-state index in [-0.39, 0.29) is 11.9 Å². The largest absolute Gasteiger partial charge is 0.346 e. The van der Waals surface area contributed by atoms with Crippen molar-refractivity contribution in [3.8, 4) is 10.4 Å². The van der Waals surface area contributed by atoms with Crippen LogP contribution in [-0.2, 0) is 0 Å². The van der Waals surface area contributed by atoms with Gasteiger partial charge in [-0.1, -0.05) is 24.3 Å². The fourth-order valence-electron chi connectivity index (χ4n) is 3.71. The van der Waals surface area contributed by atoms with Crippen LogP contribution >= 0.6 is 11.3 Å². The molecule has 3 aliphatic heterocycles. The molecule has 3 fully saturated rings. The molecular weight excluding hydrogens is 306 g/mol. The molecule has 1 aromatic heterocycles. The van der Waals surface area contributed by atoms with Gasteiger partial charge in [0.1, 0.15) is 0 Å². The van der Waals surface area contributed by atoms with E-state index in [4.69, 9.17) is 0 Å². The van der Waals surface area contributed by atoms with Crippen LogP contribution in [0.15, 0.2) is 30.5 Å². The summed E-state index contributed by atoms with van der Waals surface area (Å²) in [6.07, 6.45) is 4.23. The van der Waals surface area contributed by atoms with Gasteiger partial charge in [0.05, 0.1) is 4.88 Å². The van der Waals surface area contributed by atoms with Crippen LogP contribution in [0.2, 0.25) is 0 Å². The molecule has 3 saturated heterocycles. The first-order valence-corrected chi connectivity index (χ1v) is 9.07. The highest BCUT2D eigenvalue weighted by molar-refractivity contribution is 7.17. The first kappa shape index (κ1) is 14.8. The highest BCUT2D eigenvalue weighted by Crippen LogP contribution is 2.30. The van der Waals surface area contributed by atoms with E-state index in [2.05, 4.69) is 34.3 Å². The molecule has 1 amide bonds. The summed E-state index contributed by atoms with van der Waals surface area (Å²) in [6.45, 7) is 5.45. The van der Waals surface area contributed by atoms with Crippen LogP contribution in [0, 0.1) is 12.8 Å². The van der Waals surface area contributed by atoms with E-state index in [1.165, 1.54) is 42.8 Å². The van der Waals surface area contributed by atoms with Gasteiger partial charge in [-0.25, -0.2) is 4.98 Å². The smallest absolute Gasteiger partial charge is 0.280 e. The molecule has 1 unspecified atom stereocenters. The summed E-state index contributed by atoms with van der Waals surface area (Å²) in [5.41, 5.74) is 2.37. The summed E-state index contributed by atoms with van der Waals surface area (Å²) < 4.78 is 0. The predicted molar refractivity (Wildman–Crippen MR) is 92.7 cm³/mol. The number of nitrogens with zero attached hydrogens (tertiary/aromatic N) is 2. The molecular formula is C18H21N3OS. The molecule has 1 aromatic carbocycles. The van der Waals surface area contributed by atoms with Crippen molar-refractivity contribution in [2.75, 3.05) is 19.6 Å². The maximum Gasteiger partial charge on any atom is 0.280 e. The van der Waals surface area contributed by atoms with Crippen molar-refractivity contribution in [1.82, 2.24) is 15.2 Å². The average Bonchev–Trinajstić information content (AvgIpc) is 3.06. The zero-order valence-corrected chi connectivity index (χ0v) is 14.1. The maximum atomic E-state index is 12.5. The Morgan fingerprint density at radius 3 is 2.78 bits per heavy atom. The van der Waals surface area contributed by atoms with Gasteiger partial charge in [-0.3, -0.25) is 4.79 Å². The molecule has 1 atom stereocenters. The van der Waals surface area contributed by atoms with E-state index in [1.54, 1.807) is 0 Å². The number of hydrogen-bond acceptors (Lipinski definition) is 4. The van der Waals surface area contributed by atoms with Crippen molar-refractivity contribution in [3.05, 3.63) is 41.0 Å². The molecule has 5 heteroatoms. The fourth-order valence-corrected chi connectivity index (χ4v) is 4.62. The van der Waals surface area contributed by atoms with Gasteiger partial charge in [0, 0.05) is 18.8 Å². The lowest BCUT2D eigenvalue weighted by molar-refractivity contribution is 0.0620. The summed E-state index contributed by atoms with van der Waals surface area (Å²) >= 11 is 1.48. The highest BCUT2D eigenvalue weighted by atomic mass is 32.1. The van der Waals surface area contributed by atoms with Gasteiger partial charge >= 0.3 is 0 Å². The number of fused-ring (bicyclic) bond motifs is 3. The predicted octanol–water partition coefficient (Wildman–Crippen LogP) is 2.94. The number of carbonyl (C=O) groups is 1. The molecule has 2 aromatic rings. The Morgan fingerprint density at radius 2 is 2.09 bits per heavy atom. The van der Waals surface area contributed by atoms with E-state index >= 15 is 0 Å². The number of rotatable bonds is 3. The van der Waals surface area contributed by atoms with Gasteiger partial charge in [0.25, 0.3) is 5.91 Å². The Bertz CT molecular complexity index is 719. The zero-order valence-electron chi connectivity index (χ0n) is 13.3. The standard InChI is InChI=1S/C18H21N3OS/c1-12-4-2-3-5-14(12)16-10-19-18(23-16)17(22)20-15-11-21-8-6-13(15)7-9-21/h2-5,10,13,15H,6-9,11H2,1H3,(H,20,22). The van der Waals surface area contributed by atoms with Crippen molar-refractivity contribution in [3.63, 3.8) is 0 Å². The van der Waals surface area contributed by atoms with Crippen LogP contribution < -0.4 is 5.32 Å². The number of aryl methyl sites for hydroxylation is 1. The number of aromatic nitrogens is 1. The number of hydrogen-bond donors (Lipinski definition) is 1. The van der Waals surface area contributed by atoms with Crippen molar-refractivity contribution < 1.29 is 4.79 Å². The highest BCUT2D eigenvalue weighted by Gasteiger charge is 2.35. The maximum absolute atomic E-state index is 12.5. The molecule has 4 heterocycles. The van der Waals surface area contributed by atoms with Crippen LogP contribution in [-0.4, -0.2) is 41.5 Å². The lowest BCUT2D eigenvalue weighted by atomic mass is 9.84. The van der Waals surface area contributed by atoms with Gasteiger partial charge in [-0.15, -0.1) is 11.3 Å². The Balaban J connectivity index is 1.48. The molecule has 120 valence electrons. The fraction of sp³-hybridized carbons (Fsp3) is 0.444. The van der Waals surface area contributed by atoms with E-state index in [1.807, 2.05) is 18.3 Å². The molecule has 23 heavy (non-hydrogen) atoms. The quantitative estimate of drug-likeness (QED) is 0.943. The third kappa shape index (κ3) is 2.91. The second kappa shape index (κ2) is 6.06. The van der Waals surface area contributed by atoms with Crippen molar-refractivity contribution in [2.24, 2.45) is 5.92 Å². The van der Waals surface area contributed by atoms with Crippen LogP contribution in [0.1, 0.15) is 28.2 Å². The Morgan fingerprint density at radius 1 is 1.30 bits per heavy atom. The van der Waals surface area contributed by atoms with Crippen LogP contribution in [0.3, 0.4) is 0 Å². The average molecular weight is 327 g/mol. The molecule has 4 nitrogen and oxygen atoms in total. The first-order valence-electron chi connectivity index (χ1n) is 8.26. The zero-order chi connectivity index (χ0) is 15.8. The number of nitrogens with one attached hydrogen (secondary N) is 1. The van der Waals surface area contributed by atoms with E-state index < -0.39 is 0 Å². The van der Waals surface area contributed by atoms with E-state index in [0.717, 1.165) is 17.0 Å². The van der Waals surface area contributed by atoms with Gasteiger partial charge in [-0.2, -0.15) is 0 Å².